The lowest BCUT2D eigenvalue weighted by Crippen LogP contribution is -2.59. The molecule has 21 heteroatoms. The van der Waals surface area contributed by atoms with Gasteiger partial charge in [0.1, 0.15) is 23.1 Å². The van der Waals surface area contributed by atoms with E-state index in [2.05, 4.69) is 20.0 Å². The summed E-state index contributed by atoms with van der Waals surface area (Å²) in [5.74, 6) is -1.26. The zero-order valence-electron chi connectivity index (χ0n) is 38.9. The van der Waals surface area contributed by atoms with Gasteiger partial charge >= 0.3 is 18.5 Å². The maximum atomic E-state index is 15.2. The van der Waals surface area contributed by atoms with Gasteiger partial charge in [0.15, 0.2) is 5.78 Å². The quantitative estimate of drug-likeness (QED) is 0.100. The summed E-state index contributed by atoms with van der Waals surface area (Å²) >= 11 is 0. The molecule has 0 spiro atoms. The van der Waals surface area contributed by atoms with E-state index in [1.165, 1.54) is 29.2 Å². The van der Waals surface area contributed by atoms with Crippen LogP contribution in [0.1, 0.15) is 33.8 Å². The Bertz CT molecular complexity index is 2570. The van der Waals surface area contributed by atoms with E-state index in [0.717, 1.165) is 45.5 Å². The average molecular weight is 974 g/mol. The van der Waals surface area contributed by atoms with Gasteiger partial charge < -0.3 is 38.9 Å². The molecule has 0 radical (unpaired) electrons. The third-order valence-electron chi connectivity index (χ3n) is 12.8. The second-order valence-corrected chi connectivity index (χ2v) is 17.0. The van der Waals surface area contributed by atoms with Crippen molar-refractivity contribution >= 4 is 29.2 Å². The number of halogens is 4. The molecule has 2 N–H and O–H groups in total. The monoisotopic (exact) mass is 973 g/mol. The maximum Gasteiger partial charge on any atom is 0.324 e. The van der Waals surface area contributed by atoms with Crippen LogP contribution in [0.3, 0.4) is 0 Å². The molecule has 17 nitrogen and oxygen atoms in total. The Morgan fingerprint density at radius 3 is 1.49 bits per heavy atom. The number of ketones is 1. The van der Waals surface area contributed by atoms with Gasteiger partial charge in [0.25, 0.3) is 5.89 Å². The van der Waals surface area contributed by atoms with Crippen LogP contribution in [0.15, 0.2) is 89.3 Å². The molecule has 0 atom stereocenters. The van der Waals surface area contributed by atoms with Gasteiger partial charge in [-0.3, -0.25) is 24.4 Å². The van der Waals surface area contributed by atoms with Gasteiger partial charge in [-0.2, -0.15) is 8.78 Å². The number of amides is 4. The van der Waals surface area contributed by atoms with Crippen LogP contribution in [0.4, 0.5) is 38.5 Å². The van der Waals surface area contributed by atoms with Gasteiger partial charge in [0.05, 0.1) is 72.4 Å². The Labute approximate surface area is 402 Å². The number of methoxy groups -OCH3 is 2. The summed E-state index contributed by atoms with van der Waals surface area (Å²) < 4.78 is 81.5. The molecule has 9 rings (SSSR count). The molecule has 4 aromatic carbocycles. The minimum absolute atomic E-state index is 0.0325. The number of hydrogen-bond donors (Lipinski definition) is 1. The Hall–Kier alpha value is -6.65. The highest BCUT2D eigenvalue weighted by Crippen LogP contribution is 2.29. The van der Waals surface area contributed by atoms with E-state index in [1.807, 2.05) is 0 Å². The van der Waals surface area contributed by atoms with E-state index < -0.39 is 24.0 Å². The van der Waals surface area contributed by atoms with Gasteiger partial charge in [-0.05, 0) is 66.7 Å². The van der Waals surface area contributed by atoms with Crippen LogP contribution in [0.2, 0.25) is 0 Å². The number of ether oxygens (including phenoxy) is 4. The number of benzene rings is 4. The van der Waals surface area contributed by atoms with Crippen molar-refractivity contribution in [2.45, 2.75) is 31.6 Å². The SMILES string of the molecule is COc1ccc(N(Cc2ccc(-c3nnc(C(F)F)o3)cc2F)C(=O)N2CCN(C3COC3)CC2)cc1.COc1ccc(N(Cc2ccc(C(=O)CN)cc2F)C(=O)N2CCN(C3COC3)CC2)cc1. The number of hydrogen-bond acceptors (Lipinski definition) is 13. The van der Waals surface area contributed by atoms with E-state index in [1.54, 1.807) is 83.5 Å². The molecule has 0 aliphatic carbocycles. The first-order valence-electron chi connectivity index (χ1n) is 22.9. The predicted octanol–water partition coefficient (Wildman–Crippen LogP) is 6.08. The van der Waals surface area contributed by atoms with E-state index in [4.69, 9.17) is 29.1 Å². The molecule has 0 saturated carbocycles. The zero-order chi connectivity index (χ0) is 49.3. The highest BCUT2D eigenvalue weighted by atomic mass is 19.3. The number of carbonyl (C=O) groups excluding carboxylic acids is 3. The van der Waals surface area contributed by atoms with Gasteiger partial charge in [-0.15, -0.1) is 10.2 Å². The van der Waals surface area contributed by atoms with Crippen molar-refractivity contribution in [3.05, 3.63) is 119 Å². The van der Waals surface area contributed by atoms with Crippen LogP contribution >= 0.6 is 0 Å². The molecule has 4 saturated heterocycles. The number of nitrogens with zero attached hydrogens (tertiary/aromatic N) is 8. The van der Waals surface area contributed by atoms with E-state index in [0.29, 0.717) is 79.9 Å². The number of alkyl halides is 2. The second kappa shape index (κ2) is 22.8. The molecule has 4 amide bonds. The number of rotatable bonds is 14. The summed E-state index contributed by atoms with van der Waals surface area (Å²) in [6.45, 7) is 8.04. The van der Waals surface area contributed by atoms with Crippen LogP contribution in [0.25, 0.3) is 11.5 Å². The smallest absolute Gasteiger partial charge is 0.324 e. The van der Waals surface area contributed by atoms with Gasteiger partial charge in [-0.1, -0.05) is 18.2 Å². The zero-order valence-corrected chi connectivity index (χ0v) is 38.9. The highest BCUT2D eigenvalue weighted by Gasteiger charge is 2.34. The lowest BCUT2D eigenvalue weighted by Gasteiger charge is -2.43. The molecule has 4 aliphatic rings. The lowest BCUT2D eigenvalue weighted by atomic mass is 10.1. The topological polar surface area (TPSA) is 173 Å². The molecular formula is C49H55F4N9O8. The van der Waals surface area contributed by atoms with Crippen molar-refractivity contribution in [1.82, 2.24) is 29.8 Å². The van der Waals surface area contributed by atoms with Crippen molar-refractivity contribution in [3.63, 3.8) is 0 Å². The molecule has 4 fully saturated rings. The van der Waals surface area contributed by atoms with E-state index in [9.17, 15) is 27.6 Å². The normalized spacial score (nSPS) is 16.7. The van der Waals surface area contributed by atoms with Crippen LogP contribution < -0.4 is 25.0 Å². The molecule has 372 valence electrons. The minimum Gasteiger partial charge on any atom is -0.497 e. The number of piperazine rings is 2. The van der Waals surface area contributed by atoms with Crippen LogP contribution in [-0.4, -0.2) is 159 Å². The molecule has 4 aliphatic heterocycles. The standard InChI is InChI=1S/C25H26F3N5O4.C24H29FN4O4/c1-35-20-6-4-18(5-7-20)33(25(34)32-10-8-31(9-11-32)19-14-36-15-19)13-17-3-2-16(12-21(17)26)23-29-30-24(37-23)22(27)28;1-32-21-6-4-19(5-7-21)29(14-18-3-2-17(12-22(18)25)23(30)13-26)24(31)28-10-8-27(9-11-28)20-15-33-16-20/h2-7,12,19,22H,8-11,13-15H2,1H3;2-7,12,20H,8-11,13-16,26H2,1H3. The molecule has 5 heterocycles. The van der Waals surface area contributed by atoms with E-state index in [-0.39, 0.29) is 60.1 Å². The Morgan fingerprint density at radius 1 is 0.657 bits per heavy atom. The van der Waals surface area contributed by atoms with Gasteiger partial charge in [0.2, 0.25) is 5.89 Å². The Balaban J connectivity index is 0.000000190. The maximum absolute atomic E-state index is 15.2. The molecule has 5 aromatic rings. The summed E-state index contributed by atoms with van der Waals surface area (Å²) in [4.78, 5) is 50.3. The van der Waals surface area contributed by atoms with Crippen molar-refractivity contribution in [3.8, 4) is 23.0 Å². The summed E-state index contributed by atoms with van der Waals surface area (Å²) in [5, 5.41) is 6.84. The lowest BCUT2D eigenvalue weighted by molar-refractivity contribution is -0.0738. The summed E-state index contributed by atoms with van der Waals surface area (Å²) in [7, 11) is 3.12. The summed E-state index contributed by atoms with van der Waals surface area (Å²) in [6, 6.07) is 22.8. The van der Waals surface area contributed by atoms with Crippen LogP contribution in [-0.2, 0) is 22.6 Å². The fourth-order valence-electron chi connectivity index (χ4n) is 8.38. The second-order valence-electron chi connectivity index (χ2n) is 17.0. The van der Waals surface area contributed by atoms with Gasteiger partial charge in [0, 0.05) is 86.0 Å². The first kappa shape index (κ1) is 49.8. The molecule has 70 heavy (non-hydrogen) atoms. The molecule has 1 aromatic heterocycles. The molecule has 0 unspecified atom stereocenters. The third kappa shape index (κ3) is 11.7. The Morgan fingerprint density at radius 2 is 1.11 bits per heavy atom. The summed E-state index contributed by atoms with van der Waals surface area (Å²) in [6.07, 6.45) is -2.92. The van der Waals surface area contributed by atoms with Crippen LogP contribution in [0.5, 0.6) is 11.5 Å². The highest BCUT2D eigenvalue weighted by molar-refractivity contribution is 5.97. The predicted molar refractivity (Wildman–Crippen MR) is 249 cm³/mol. The third-order valence-corrected chi connectivity index (χ3v) is 12.8. The average Bonchev–Trinajstić information content (AvgIpc) is 3.86. The number of carbonyl (C=O) groups is 3. The number of Topliss-reactive ketones (excluding diaryl/α,β-unsaturated/α-hetero) is 1. The van der Waals surface area contributed by atoms with E-state index >= 15 is 4.39 Å². The van der Waals surface area contributed by atoms with Crippen molar-refractivity contribution < 1.29 is 55.3 Å². The largest absolute Gasteiger partial charge is 0.497 e. The molecule has 0 bridgehead atoms. The number of nitrogens with two attached hydrogens (primary N) is 1. The fourth-order valence-corrected chi connectivity index (χ4v) is 8.38. The first-order valence-corrected chi connectivity index (χ1v) is 22.9. The first-order chi connectivity index (χ1) is 33.9. The van der Waals surface area contributed by atoms with Gasteiger partial charge in [-0.25, -0.2) is 18.4 Å². The van der Waals surface area contributed by atoms with Crippen molar-refractivity contribution in [1.29, 1.82) is 0 Å². The van der Waals surface area contributed by atoms with Crippen molar-refractivity contribution in [2.24, 2.45) is 5.73 Å². The minimum atomic E-state index is -2.92. The number of anilines is 2. The van der Waals surface area contributed by atoms with Crippen molar-refractivity contribution in [2.75, 3.05) is 109 Å². The fraction of sp³-hybridized carbons (Fsp3) is 0.408. The number of aromatic nitrogens is 2. The number of urea groups is 2. The summed E-state index contributed by atoms with van der Waals surface area (Å²) in [5.41, 5.74) is 7.55. The van der Waals surface area contributed by atoms with Crippen LogP contribution in [0, 0.1) is 11.6 Å². The Kier molecular flexibility index (Phi) is 16.2. The molecular weight excluding hydrogens is 919 g/mol.